The Labute approximate surface area is 227 Å². The molecule has 1 saturated heterocycles. The van der Waals surface area contributed by atoms with Gasteiger partial charge in [-0.2, -0.15) is 5.10 Å². The van der Waals surface area contributed by atoms with Gasteiger partial charge in [0, 0.05) is 49.0 Å². The van der Waals surface area contributed by atoms with Gasteiger partial charge in [-0.25, -0.2) is 13.4 Å². The molecule has 5 aromatic rings. The third-order valence-electron chi connectivity index (χ3n) is 7.66. The number of aromatic nitrogens is 4. The molecule has 0 bridgehead atoms. The van der Waals surface area contributed by atoms with Crippen LogP contribution in [0.2, 0.25) is 0 Å². The largest absolute Gasteiger partial charge is 0.492 e. The molecule has 1 unspecified atom stereocenters. The summed E-state index contributed by atoms with van der Waals surface area (Å²) in [6.45, 7) is 3.02. The topological polar surface area (TPSA) is 111 Å². The number of anilines is 1. The number of aryl methyl sites for hydroxylation is 1. The minimum absolute atomic E-state index is 0.0424. The first-order chi connectivity index (χ1) is 18.9. The number of hydrogen-bond acceptors (Lipinski definition) is 6. The number of sulfonamides is 1. The molecule has 6 rings (SSSR count). The van der Waals surface area contributed by atoms with Crippen LogP contribution in [0, 0.1) is 5.92 Å². The van der Waals surface area contributed by atoms with Gasteiger partial charge in [-0.05, 0) is 55.0 Å². The van der Waals surface area contributed by atoms with Crippen molar-refractivity contribution in [3.05, 3.63) is 72.7 Å². The first kappa shape index (κ1) is 25.4. The number of nitrogens with zero attached hydrogens (tertiary/aromatic N) is 4. The molecular weight excluding hydrogens is 514 g/mol. The Hall–Kier alpha value is -3.89. The van der Waals surface area contributed by atoms with Crippen molar-refractivity contribution in [3.8, 4) is 17.0 Å². The van der Waals surface area contributed by atoms with Gasteiger partial charge in [0.1, 0.15) is 5.52 Å². The summed E-state index contributed by atoms with van der Waals surface area (Å²) in [6, 6.07) is 16.1. The van der Waals surface area contributed by atoms with Crippen LogP contribution in [0.4, 0.5) is 5.69 Å². The normalized spacial score (nSPS) is 15.6. The van der Waals surface area contributed by atoms with Crippen molar-refractivity contribution < 1.29 is 18.3 Å². The summed E-state index contributed by atoms with van der Waals surface area (Å²) < 4.78 is 37.8. The highest BCUT2D eigenvalue weighted by Gasteiger charge is 2.29. The van der Waals surface area contributed by atoms with Crippen LogP contribution in [-0.2, 0) is 21.8 Å². The van der Waals surface area contributed by atoms with Crippen molar-refractivity contribution in [2.45, 2.75) is 25.8 Å². The van der Waals surface area contributed by atoms with Crippen molar-refractivity contribution in [3.63, 3.8) is 0 Å². The summed E-state index contributed by atoms with van der Waals surface area (Å²) in [5.41, 5.74) is 4.74. The molecular formula is C29H31N5O4S. The molecule has 1 aliphatic heterocycles. The van der Waals surface area contributed by atoms with Crippen molar-refractivity contribution in [2.75, 3.05) is 23.7 Å². The van der Waals surface area contributed by atoms with Crippen molar-refractivity contribution in [2.24, 2.45) is 13.0 Å². The van der Waals surface area contributed by atoms with Crippen LogP contribution < -0.4 is 4.72 Å². The molecule has 39 heavy (non-hydrogen) atoms. The van der Waals surface area contributed by atoms with E-state index >= 15 is 0 Å². The van der Waals surface area contributed by atoms with Crippen LogP contribution in [0.5, 0.6) is 5.88 Å². The SMILES string of the molecule is CCS(=O)(=O)Nc1cc(-c2cn(C)c3c(O)nccc23)cc2c1cnn2C(c1ccccc1)C1CCOCC1. The van der Waals surface area contributed by atoms with E-state index in [0.717, 1.165) is 45.8 Å². The Balaban J connectivity index is 1.61. The van der Waals surface area contributed by atoms with E-state index in [4.69, 9.17) is 9.84 Å². The van der Waals surface area contributed by atoms with Gasteiger partial charge < -0.3 is 14.4 Å². The Morgan fingerprint density at radius 2 is 1.90 bits per heavy atom. The lowest BCUT2D eigenvalue weighted by atomic mass is 9.87. The lowest BCUT2D eigenvalue weighted by Gasteiger charge is -2.31. The highest BCUT2D eigenvalue weighted by molar-refractivity contribution is 7.92. The first-order valence-corrected chi connectivity index (χ1v) is 14.8. The predicted molar refractivity (Wildman–Crippen MR) is 152 cm³/mol. The van der Waals surface area contributed by atoms with E-state index in [2.05, 4.69) is 27.9 Å². The molecule has 0 spiro atoms. The summed E-state index contributed by atoms with van der Waals surface area (Å²) in [7, 11) is -1.69. The van der Waals surface area contributed by atoms with Gasteiger partial charge in [-0.1, -0.05) is 30.3 Å². The zero-order valence-electron chi connectivity index (χ0n) is 21.9. The molecule has 202 valence electrons. The smallest absolute Gasteiger partial charge is 0.236 e. The highest BCUT2D eigenvalue weighted by Crippen LogP contribution is 2.41. The van der Waals surface area contributed by atoms with E-state index in [1.807, 2.05) is 52.8 Å². The number of aromatic hydroxyl groups is 1. The van der Waals surface area contributed by atoms with Crippen LogP contribution >= 0.6 is 0 Å². The molecule has 1 aliphatic rings. The monoisotopic (exact) mass is 545 g/mol. The molecule has 0 saturated carbocycles. The number of fused-ring (bicyclic) bond motifs is 2. The predicted octanol–water partition coefficient (Wildman–Crippen LogP) is 5.07. The van der Waals surface area contributed by atoms with Crippen LogP contribution in [0.15, 0.2) is 67.1 Å². The minimum Gasteiger partial charge on any atom is -0.492 e. The molecule has 10 heteroatoms. The second-order valence-corrected chi connectivity index (χ2v) is 12.1. The summed E-state index contributed by atoms with van der Waals surface area (Å²) in [6.07, 6.45) is 7.07. The summed E-state index contributed by atoms with van der Waals surface area (Å²) in [5.74, 6) is 0.210. The van der Waals surface area contributed by atoms with Crippen LogP contribution in [-0.4, -0.2) is 51.8 Å². The number of hydrogen-bond donors (Lipinski definition) is 2. The Morgan fingerprint density at radius 3 is 2.64 bits per heavy atom. The lowest BCUT2D eigenvalue weighted by molar-refractivity contribution is 0.0533. The Bertz CT molecular complexity index is 1760. The fourth-order valence-corrected chi connectivity index (χ4v) is 6.36. The van der Waals surface area contributed by atoms with Gasteiger partial charge in [0.25, 0.3) is 0 Å². The van der Waals surface area contributed by atoms with E-state index in [-0.39, 0.29) is 17.7 Å². The third-order valence-corrected chi connectivity index (χ3v) is 8.95. The fourth-order valence-electron chi connectivity index (χ4n) is 5.71. The van der Waals surface area contributed by atoms with Crippen molar-refractivity contribution in [1.29, 1.82) is 0 Å². The summed E-state index contributed by atoms with van der Waals surface area (Å²) in [5, 5.41) is 16.8. The Kier molecular flexibility index (Phi) is 6.52. The van der Waals surface area contributed by atoms with Crippen molar-refractivity contribution in [1.82, 2.24) is 19.3 Å². The number of benzene rings is 2. The van der Waals surface area contributed by atoms with E-state index < -0.39 is 10.0 Å². The zero-order chi connectivity index (χ0) is 27.1. The van der Waals surface area contributed by atoms with Gasteiger partial charge in [0.15, 0.2) is 0 Å². The molecule has 1 fully saturated rings. The maximum atomic E-state index is 12.7. The average molecular weight is 546 g/mol. The second kappa shape index (κ2) is 10.0. The average Bonchev–Trinajstić information content (AvgIpc) is 3.52. The summed E-state index contributed by atoms with van der Waals surface area (Å²) in [4.78, 5) is 4.04. The molecule has 9 nitrogen and oxygen atoms in total. The van der Waals surface area contributed by atoms with Crippen molar-refractivity contribution >= 4 is 37.5 Å². The van der Waals surface area contributed by atoms with E-state index in [1.165, 1.54) is 0 Å². The summed E-state index contributed by atoms with van der Waals surface area (Å²) >= 11 is 0. The molecule has 3 aromatic heterocycles. The van der Waals surface area contributed by atoms with Crippen LogP contribution in [0.1, 0.15) is 31.4 Å². The van der Waals surface area contributed by atoms with E-state index in [9.17, 15) is 13.5 Å². The fraction of sp³-hybridized carbons (Fsp3) is 0.310. The van der Waals surface area contributed by atoms with Gasteiger partial charge in [0.2, 0.25) is 15.9 Å². The van der Waals surface area contributed by atoms with Crippen LogP contribution in [0.3, 0.4) is 0 Å². The molecule has 2 N–H and O–H groups in total. The third kappa shape index (κ3) is 4.63. The van der Waals surface area contributed by atoms with Gasteiger partial charge in [0.05, 0.1) is 29.2 Å². The molecule has 2 aromatic carbocycles. The highest BCUT2D eigenvalue weighted by atomic mass is 32.2. The number of nitrogens with one attached hydrogen (secondary N) is 1. The van der Waals surface area contributed by atoms with E-state index in [0.29, 0.717) is 30.3 Å². The van der Waals surface area contributed by atoms with Gasteiger partial charge >= 0.3 is 0 Å². The molecule has 4 heterocycles. The number of pyridine rings is 1. The van der Waals surface area contributed by atoms with Gasteiger partial charge in [-0.3, -0.25) is 9.40 Å². The maximum absolute atomic E-state index is 12.7. The molecule has 0 radical (unpaired) electrons. The lowest BCUT2D eigenvalue weighted by Crippen LogP contribution is -2.27. The zero-order valence-corrected chi connectivity index (χ0v) is 22.7. The maximum Gasteiger partial charge on any atom is 0.236 e. The second-order valence-electron chi connectivity index (χ2n) is 10.0. The molecule has 0 aliphatic carbocycles. The number of rotatable bonds is 7. The molecule has 0 amide bonds. The first-order valence-electron chi connectivity index (χ1n) is 13.1. The molecule has 1 atom stereocenters. The minimum atomic E-state index is -3.55. The van der Waals surface area contributed by atoms with Gasteiger partial charge in [-0.15, -0.1) is 0 Å². The standard InChI is InChI=1S/C29H31N5O4S/c1-3-39(36,37)32-25-15-21(24-18-33(2)28-22(24)9-12-30-29(28)35)16-26-23(25)17-31-34(26)27(19-7-5-4-6-8-19)20-10-13-38-14-11-20/h4-9,12,15-18,20,27,32H,3,10-11,13-14H2,1-2H3,(H,30,35). The number of ether oxygens (including phenoxy) is 1. The quantitative estimate of drug-likeness (QED) is 0.295. The van der Waals surface area contributed by atoms with Crippen LogP contribution in [0.25, 0.3) is 32.9 Å². The van der Waals surface area contributed by atoms with E-state index in [1.54, 1.807) is 19.3 Å². The Morgan fingerprint density at radius 1 is 1.13 bits per heavy atom.